The number of aromatic nitrogens is 2. The molecule has 1 aliphatic heterocycles. The molecule has 0 spiro atoms. The highest BCUT2D eigenvalue weighted by atomic mass is 32.2. The molecule has 0 unspecified atom stereocenters. The third kappa shape index (κ3) is 4.19. The lowest BCUT2D eigenvalue weighted by Crippen LogP contribution is -2.42. The minimum absolute atomic E-state index is 0.0261. The van der Waals surface area contributed by atoms with Gasteiger partial charge in [0.15, 0.2) is 11.4 Å². The molecule has 1 fully saturated rings. The zero-order valence-corrected chi connectivity index (χ0v) is 16.2. The first-order chi connectivity index (χ1) is 13.6. The third-order valence-electron chi connectivity index (χ3n) is 4.69. The lowest BCUT2D eigenvalue weighted by molar-refractivity contribution is -0.132. The summed E-state index contributed by atoms with van der Waals surface area (Å²) < 4.78 is 10.6. The first-order valence-electron chi connectivity index (χ1n) is 9.09. The predicted octanol–water partition coefficient (Wildman–Crippen LogP) is 3.09. The van der Waals surface area contributed by atoms with Gasteiger partial charge in [-0.2, -0.15) is 0 Å². The number of hydrogen-bond acceptors (Lipinski definition) is 7. The molecule has 1 N–H and O–H groups in total. The number of thioether (sulfide) groups is 1. The number of carbonyl (C=O) groups is 2. The number of para-hydroxylation sites is 2. The highest BCUT2D eigenvalue weighted by Gasteiger charge is 2.28. The van der Waals surface area contributed by atoms with Gasteiger partial charge in [0.1, 0.15) is 11.3 Å². The number of carbonyl (C=O) groups excluding carboxylic acids is 2. The molecule has 1 aromatic carbocycles. The van der Waals surface area contributed by atoms with Crippen molar-refractivity contribution in [3.05, 3.63) is 36.1 Å². The SMILES string of the molecule is Cc1cc(NC(=O)C2CCN(C(=O)CSc3nc4ccccc4o3)CC2)no1. The Kier molecular flexibility index (Phi) is 5.34. The van der Waals surface area contributed by atoms with E-state index in [1.165, 1.54) is 11.8 Å². The minimum Gasteiger partial charge on any atom is -0.431 e. The monoisotopic (exact) mass is 400 g/mol. The maximum Gasteiger partial charge on any atom is 0.257 e. The standard InChI is InChI=1S/C19H20N4O4S/c1-12-10-16(22-27-12)21-18(25)13-6-8-23(9-7-13)17(24)11-28-19-20-14-4-2-3-5-15(14)26-19/h2-5,10,13H,6-9,11H2,1H3,(H,21,22,25). The van der Waals surface area contributed by atoms with Crippen LogP contribution in [0.1, 0.15) is 18.6 Å². The summed E-state index contributed by atoms with van der Waals surface area (Å²) in [4.78, 5) is 31.0. The molecule has 4 rings (SSSR count). The first kappa shape index (κ1) is 18.5. The number of anilines is 1. The number of nitrogens with zero attached hydrogens (tertiary/aromatic N) is 3. The van der Waals surface area contributed by atoms with Crippen molar-refractivity contribution < 1.29 is 18.5 Å². The Morgan fingerprint density at radius 3 is 2.79 bits per heavy atom. The number of aryl methyl sites for hydroxylation is 1. The molecule has 0 aliphatic carbocycles. The maximum atomic E-state index is 12.5. The number of fused-ring (bicyclic) bond motifs is 1. The van der Waals surface area contributed by atoms with Gasteiger partial charge in [-0.05, 0) is 31.9 Å². The van der Waals surface area contributed by atoms with Crippen LogP contribution in [0.5, 0.6) is 0 Å². The molecule has 0 saturated carbocycles. The van der Waals surface area contributed by atoms with Crippen molar-refractivity contribution in [3.8, 4) is 0 Å². The molecular formula is C19H20N4O4S. The number of hydrogen-bond donors (Lipinski definition) is 1. The van der Waals surface area contributed by atoms with Gasteiger partial charge in [0.2, 0.25) is 11.8 Å². The average molecular weight is 400 g/mol. The van der Waals surface area contributed by atoms with Gasteiger partial charge in [-0.15, -0.1) is 0 Å². The summed E-state index contributed by atoms with van der Waals surface area (Å²) in [7, 11) is 0. The molecule has 0 bridgehead atoms. The Bertz CT molecular complexity index is 958. The van der Waals surface area contributed by atoms with Crippen molar-refractivity contribution in [2.45, 2.75) is 25.0 Å². The molecule has 28 heavy (non-hydrogen) atoms. The molecule has 9 heteroatoms. The summed E-state index contributed by atoms with van der Waals surface area (Å²) in [5.74, 6) is 1.15. The van der Waals surface area contributed by atoms with Crippen molar-refractivity contribution in [2.24, 2.45) is 5.92 Å². The zero-order chi connectivity index (χ0) is 19.5. The van der Waals surface area contributed by atoms with Crippen LogP contribution in [-0.4, -0.2) is 45.7 Å². The third-order valence-corrected chi connectivity index (χ3v) is 5.50. The molecule has 8 nitrogen and oxygen atoms in total. The van der Waals surface area contributed by atoms with Crippen LogP contribution in [0.3, 0.4) is 0 Å². The van der Waals surface area contributed by atoms with Crippen LogP contribution in [0.25, 0.3) is 11.1 Å². The topological polar surface area (TPSA) is 101 Å². The molecule has 3 heterocycles. The second-order valence-corrected chi connectivity index (χ2v) is 7.63. The highest BCUT2D eigenvalue weighted by Crippen LogP contribution is 2.25. The van der Waals surface area contributed by atoms with Crippen LogP contribution in [0.4, 0.5) is 5.82 Å². The van der Waals surface area contributed by atoms with Crippen LogP contribution in [0.15, 0.2) is 44.5 Å². The smallest absolute Gasteiger partial charge is 0.257 e. The summed E-state index contributed by atoms with van der Waals surface area (Å²) in [6, 6.07) is 9.19. The van der Waals surface area contributed by atoms with E-state index in [1.807, 2.05) is 24.3 Å². The Morgan fingerprint density at radius 2 is 2.07 bits per heavy atom. The summed E-state index contributed by atoms with van der Waals surface area (Å²) in [6.07, 6.45) is 1.25. The lowest BCUT2D eigenvalue weighted by Gasteiger charge is -2.31. The molecule has 2 aromatic heterocycles. The molecule has 0 radical (unpaired) electrons. The summed E-state index contributed by atoms with van der Waals surface area (Å²) in [5.41, 5.74) is 1.50. The highest BCUT2D eigenvalue weighted by molar-refractivity contribution is 7.99. The zero-order valence-electron chi connectivity index (χ0n) is 15.4. The van der Waals surface area contributed by atoms with E-state index in [4.69, 9.17) is 8.94 Å². The maximum absolute atomic E-state index is 12.5. The van der Waals surface area contributed by atoms with Crippen molar-refractivity contribution in [1.82, 2.24) is 15.0 Å². The van der Waals surface area contributed by atoms with E-state index in [0.717, 1.165) is 5.52 Å². The first-order valence-corrected chi connectivity index (χ1v) is 10.1. The second-order valence-electron chi connectivity index (χ2n) is 6.70. The largest absolute Gasteiger partial charge is 0.431 e. The molecule has 1 aliphatic rings. The van der Waals surface area contributed by atoms with Crippen LogP contribution >= 0.6 is 11.8 Å². The van der Waals surface area contributed by atoms with Crippen molar-refractivity contribution in [1.29, 1.82) is 0 Å². The van der Waals surface area contributed by atoms with Crippen LogP contribution in [-0.2, 0) is 9.59 Å². The molecule has 146 valence electrons. The van der Waals surface area contributed by atoms with E-state index >= 15 is 0 Å². The number of likely N-dealkylation sites (tertiary alicyclic amines) is 1. The quantitative estimate of drug-likeness (QED) is 0.657. The summed E-state index contributed by atoms with van der Waals surface area (Å²) in [5, 5.41) is 7.03. The molecule has 0 atom stereocenters. The van der Waals surface area contributed by atoms with Crippen LogP contribution in [0, 0.1) is 12.8 Å². The summed E-state index contributed by atoms with van der Waals surface area (Å²) in [6.45, 7) is 2.89. The number of piperidine rings is 1. The van der Waals surface area contributed by atoms with E-state index in [-0.39, 0.29) is 23.5 Å². The average Bonchev–Trinajstić information content (AvgIpc) is 3.31. The minimum atomic E-state index is -0.134. The van der Waals surface area contributed by atoms with E-state index in [0.29, 0.717) is 48.3 Å². The number of oxazole rings is 1. The lowest BCUT2D eigenvalue weighted by atomic mass is 9.96. The van der Waals surface area contributed by atoms with E-state index in [9.17, 15) is 9.59 Å². The van der Waals surface area contributed by atoms with Gasteiger partial charge in [0.05, 0.1) is 5.75 Å². The Labute approximate surface area is 165 Å². The number of amides is 2. The van der Waals surface area contributed by atoms with Crippen molar-refractivity contribution in [3.63, 3.8) is 0 Å². The predicted molar refractivity (Wildman–Crippen MR) is 104 cm³/mol. The van der Waals surface area contributed by atoms with Gasteiger partial charge in [0.25, 0.3) is 5.22 Å². The fourth-order valence-corrected chi connectivity index (χ4v) is 3.91. The van der Waals surface area contributed by atoms with Gasteiger partial charge in [0, 0.05) is 25.1 Å². The van der Waals surface area contributed by atoms with Gasteiger partial charge in [-0.1, -0.05) is 29.1 Å². The summed E-state index contributed by atoms with van der Waals surface area (Å²) >= 11 is 1.29. The second kappa shape index (κ2) is 8.05. The van der Waals surface area contributed by atoms with Crippen molar-refractivity contribution >= 4 is 40.5 Å². The fourth-order valence-electron chi connectivity index (χ4n) is 3.17. The van der Waals surface area contributed by atoms with Crippen molar-refractivity contribution in [2.75, 3.05) is 24.2 Å². The Balaban J connectivity index is 1.25. The van der Waals surface area contributed by atoms with Gasteiger partial charge < -0.3 is 19.2 Å². The Morgan fingerprint density at radius 1 is 1.29 bits per heavy atom. The molecule has 1 saturated heterocycles. The number of benzene rings is 1. The van der Waals surface area contributed by atoms with E-state index < -0.39 is 0 Å². The normalized spacial score (nSPS) is 15.1. The van der Waals surface area contributed by atoms with Crippen LogP contribution in [0.2, 0.25) is 0 Å². The van der Waals surface area contributed by atoms with E-state index in [1.54, 1.807) is 17.9 Å². The fraction of sp³-hybridized carbons (Fsp3) is 0.368. The van der Waals surface area contributed by atoms with E-state index in [2.05, 4.69) is 15.5 Å². The van der Waals surface area contributed by atoms with Crippen LogP contribution < -0.4 is 5.32 Å². The number of nitrogens with one attached hydrogen (secondary N) is 1. The molecule has 3 aromatic rings. The van der Waals surface area contributed by atoms with Gasteiger partial charge in [-0.25, -0.2) is 4.98 Å². The Hall–Kier alpha value is -2.81. The van der Waals surface area contributed by atoms with Gasteiger partial charge in [-0.3, -0.25) is 9.59 Å². The molecular weight excluding hydrogens is 380 g/mol. The van der Waals surface area contributed by atoms with Gasteiger partial charge >= 0.3 is 0 Å². The molecule has 2 amide bonds. The number of rotatable bonds is 5.